The van der Waals surface area contributed by atoms with Crippen molar-refractivity contribution in [2.75, 3.05) is 14.2 Å². The van der Waals surface area contributed by atoms with Gasteiger partial charge in [0, 0.05) is 18.8 Å². The summed E-state index contributed by atoms with van der Waals surface area (Å²) < 4.78 is 34.0. The number of sulfonamides is 1. The minimum Gasteiger partial charge on any atom is -0.497 e. The molecule has 1 amide bonds. The summed E-state index contributed by atoms with van der Waals surface area (Å²) in [5.74, 6) is -0.519. The Morgan fingerprint density at radius 3 is 2.35 bits per heavy atom. The van der Waals surface area contributed by atoms with E-state index in [0.29, 0.717) is 38.6 Å². The van der Waals surface area contributed by atoms with Crippen LogP contribution in [0.5, 0.6) is 5.75 Å². The monoisotopic (exact) mass is 520 g/mol. The SMILES string of the molecule is COc1ccc(S(=O)(=O)N(C)C(=O)C2C(C)=Nc3cc(C)nn3C2c2ccc(Cl)c(Cl)c2)cc1. The third-order valence-corrected chi connectivity index (χ3v) is 8.25. The molecule has 3 aromatic rings. The van der Waals surface area contributed by atoms with Crippen LogP contribution < -0.4 is 4.74 Å². The molecule has 2 atom stereocenters. The molecular formula is C23H22Cl2N4O4S. The Kier molecular flexibility index (Phi) is 6.46. The standard InChI is InChI=1S/C23H22Cl2N4O4S/c1-13-11-20-26-14(2)21(22(29(20)27-13)15-5-10-18(24)19(25)12-15)23(30)28(3)34(31,32)17-8-6-16(33-4)7-9-17/h5-12,21-22H,1-4H3. The van der Waals surface area contributed by atoms with Crippen LogP contribution in [0, 0.1) is 12.8 Å². The second-order valence-electron chi connectivity index (χ2n) is 7.92. The van der Waals surface area contributed by atoms with Crippen molar-refractivity contribution >= 4 is 50.7 Å². The van der Waals surface area contributed by atoms with Gasteiger partial charge in [0.1, 0.15) is 11.7 Å². The molecule has 11 heteroatoms. The molecule has 1 aromatic heterocycles. The van der Waals surface area contributed by atoms with Crippen LogP contribution in [0.4, 0.5) is 5.82 Å². The summed E-state index contributed by atoms with van der Waals surface area (Å²) >= 11 is 12.4. The number of ether oxygens (including phenoxy) is 1. The lowest BCUT2D eigenvalue weighted by molar-refractivity contribution is -0.128. The molecule has 0 radical (unpaired) electrons. The van der Waals surface area contributed by atoms with E-state index in [1.54, 1.807) is 35.9 Å². The van der Waals surface area contributed by atoms with Crippen molar-refractivity contribution in [3.63, 3.8) is 0 Å². The van der Waals surface area contributed by atoms with Crippen LogP contribution in [0.1, 0.15) is 24.2 Å². The van der Waals surface area contributed by atoms with Gasteiger partial charge in [-0.25, -0.2) is 22.4 Å². The average molecular weight is 521 g/mol. The van der Waals surface area contributed by atoms with E-state index >= 15 is 0 Å². The number of hydrogen-bond acceptors (Lipinski definition) is 6. The Morgan fingerprint density at radius 1 is 1.06 bits per heavy atom. The van der Waals surface area contributed by atoms with Crippen LogP contribution in [0.3, 0.4) is 0 Å². The van der Waals surface area contributed by atoms with Gasteiger partial charge in [-0.15, -0.1) is 0 Å². The van der Waals surface area contributed by atoms with Gasteiger partial charge in [-0.3, -0.25) is 4.79 Å². The summed E-state index contributed by atoms with van der Waals surface area (Å²) in [6.45, 7) is 3.52. The maximum Gasteiger partial charge on any atom is 0.266 e. The number of amides is 1. The molecule has 0 saturated heterocycles. The summed E-state index contributed by atoms with van der Waals surface area (Å²) in [5.41, 5.74) is 1.83. The number of nitrogens with zero attached hydrogens (tertiary/aromatic N) is 4. The fourth-order valence-corrected chi connectivity index (χ4v) is 5.43. The molecule has 0 aliphatic carbocycles. The van der Waals surface area contributed by atoms with E-state index in [9.17, 15) is 13.2 Å². The number of methoxy groups -OCH3 is 1. The smallest absolute Gasteiger partial charge is 0.266 e. The Labute approximate surface area is 207 Å². The molecule has 2 unspecified atom stereocenters. The van der Waals surface area contributed by atoms with E-state index in [0.717, 1.165) is 4.31 Å². The maximum atomic E-state index is 13.7. The molecule has 2 heterocycles. The second kappa shape index (κ2) is 9.05. The van der Waals surface area contributed by atoms with E-state index in [1.165, 1.54) is 38.4 Å². The number of aromatic nitrogens is 2. The lowest BCUT2D eigenvalue weighted by Crippen LogP contribution is -2.45. The van der Waals surface area contributed by atoms with Crippen molar-refractivity contribution < 1.29 is 17.9 Å². The van der Waals surface area contributed by atoms with E-state index < -0.39 is 27.9 Å². The summed E-state index contributed by atoms with van der Waals surface area (Å²) in [7, 11) is -1.41. The molecule has 178 valence electrons. The van der Waals surface area contributed by atoms with Crippen LogP contribution in [0.2, 0.25) is 10.0 Å². The van der Waals surface area contributed by atoms with Crippen LogP contribution in [0.25, 0.3) is 0 Å². The van der Waals surface area contributed by atoms with Crippen molar-refractivity contribution in [3.8, 4) is 5.75 Å². The molecule has 4 rings (SSSR count). The first-order chi connectivity index (χ1) is 16.0. The minimum atomic E-state index is -4.13. The Morgan fingerprint density at radius 2 is 1.74 bits per heavy atom. The lowest BCUT2D eigenvalue weighted by atomic mass is 9.87. The molecule has 0 spiro atoms. The molecular weight excluding hydrogens is 499 g/mol. The summed E-state index contributed by atoms with van der Waals surface area (Å²) in [6.07, 6.45) is 0. The highest BCUT2D eigenvalue weighted by molar-refractivity contribution is 7.89. The van der Waals surface area contributed by atoms with Crippen LogP contribution >= 0.6 is 23.2 Å². The number of aliphatic imine (C=N–C) groups is 1. The highest BCUT2D eigenvalue weighted by atomic mass is 35.5. The number of rotatable bonds is 5. The maximum absolute atomic E-state index is 13.7. The number of aryl methyl sites for hydroxylation is 1. The van der Waals surface area contributed by atoms with Gasteiger partial charge >= 0.3 is 0 Å². The number of carbonyl (C=O) groups excluding carboxylic acids is 1. The van der Waals surface area contributed by atoms with Crippen molar-refractivity contribution in [2.45, 2.75) is 24.8 Å². The zero-order chi connectivity index (χ0) is 24.8. The first-order valence-electron chi connectivity index (χ1n) is 10.3. The highest BCUT2D eigenvalue weighted by Crippen LogP contribution is 2.39. The largest absolute Gasteiger partial charge is 0.497 e. The van der Waals surface area contributed by atoms with Crippen molar-refractivity contribution in [3.05, 3.63) is 69.8 Å². The average Bonchev–Trinajstić information content (AvgIpc) is 3.18. The number of halogens is 2. The summed E-state index contributed by atoms with van der Waals surface area (Å²) in [4.78, 5) is 18.3. The van der Waals surface area contributed by atoms with Gasteiger partial charge in [0.15, 0.2) is 5.82 Å². The molecule has 0 N–H and O–H groups in total. The van der Waals surface area contributed by atoms with Gasteiger partial charge in [-0.05, 0) is 55.8 Å². The van der Waals surface area contributed by atoms with Gasteiger partial charge in [-0.2, -0.15) is 5.10 Å². The number of benzene rings is 2. The molecule has 0 bridgehead atoms. The molecule has 2 aromatic carbocycles. The quantitative estimate of drug-likeness (QED) is 0.487. The third kappa shape index (κ3) is 4.19. The van der Waals surface area contributed by atoms with Crippen LogP contribution in [-0.2, 0) is 14.8 Å². The molecule has 0 saturated carbocycles. The van der Waals surface area contributed by atoms with Gasteiger partial charge < -0.3 is 4.74 Å². The van der Waals surface area contributed by atoms with Gasteiger partial charge in [0.2, 0.25) is 5.91 Å². The zero-order valence-corrected chi connectivity index (χ0v) is 21.2. The summed E-state index contributed by atoms with van der Waals surface area (Å²) in [6, 6.07) is 12.0. The number of carbonyl (C=O) groups is 1. The molecule has 1 aliphatic rings. The predicted octanol–water partition coefficient (Wildman–Crippen LogP) is 4.67. The zero-order valence-electron chi connectivity index (χ0n) is 18.9. The summed E-state index contributed by atoms with van der Waals surface area (Å²) in [5, 5.41) is 5.21. The first kappa shape index (κ1) is 24.3. The van der Waals surface area contributed by atoms with E-state index in [-0.39, 0.29) is 4.90 Å². The van der Waals surface area contributed by atoms with E-state index in [4.69, 9.17) is 27.9 Å². The minimum absolute atomic E-state index is 0.0312. The number of hydrogen-bond donors (Lipinski definition) is 0. The Balaban J connectivity index is 1.79. The Hall–Kier alpha value is -2.88. The topological polar surface area (TPSA) is 93.9 Å². The predicted molar refractivity (Wildman–Crippen MR) is 131 cm³/mol. The van der Waals surface area contributed by atoms with Crippen molar-refractivity contribution in [2.24, 2.45) is 10.9 Å². The van der Waals surface area contributed by atoms with Crippen molar-refractivity contribution in [1.29, 1.82) is 0 Å². The number of fused-ring (bicyclic) bond motifs is 1. The van der Waals surface area contributed by atoms with Gasteiger partial charge in [-0.1, -0.05) is 29.3 Å². The van der Waals surface area contributed by atoms with Gasteiger partial charge in [0.25, 0.3) is 10.0 Å². The Bertz CT molecular complexity index is 1400. The third-order valence-electron chi connectivity index (χ3n) is 5.74. The molecule has 34 heavy (non-hydrogen) atoms. The van der Waals surface area contributed by atoms with Gasteiger partial charge in [0.05, 0.1) is 33.8 Å². The fourth-order valence-electron chi connectivity index (χ4n) is 3.97. The van der Waals surface area contributed by atoms with E-state index in [2.05, 4.69) is 10.1 Å². The normalized spacial score (nSPS) is 17.6. The molecule has 8 nitrogen and oxygen atoms in total. The van der Waals surface area contributed by atoms with Crippen molar-refractivity contribution in [1.82, 2.24) is 14.1 Å². The highest BCUT2D eigenvalue weighted by Gasteiger charge is 2.42. The lowest BCUT2D eigenvalue weighted by Gasteiger charge is -2.33. The molecule has 1 aliphatic heterocycles. The van der Waals surface area contributed by atoms with Crippen LogP contribution in [-0.4, -0.2) is 48.3 Å². The fraction of sp³-hybridized carbons (Fsp3) is 0.261. The first-order valence-corrected chi connectivity index (χ1v) is 12.5. The van der Waals surface area contributed by atoms with E-state index in [1.807, 2.05) is 6.92 Å². The van der Waals surface area contributed by atoms with Crippen LogP contribution in [0.15, 0.2) is 58.4 Å². The molecule has 0 fully saturated rings. The second-order valence-corrected chi connectivity index (χ2v) is 10.7.